The third-order valence-corrected chi connectivity index (χ3v) is 4.92. The lowest BCUT2D eigenvalue weighted by molar-refractivity contribution is 0.0526. The number of nitrogens with one attached hydrogen (secondary N) is 1. The van der Waals surface area contributed by atoms with Crippen molar-refractivity contribution in [2.45, 2.75) is 6.92 Å². The average molecular weight is 413 g/mol. The molecule has 1 N–H and O–H groups in total. The van der Waals surface area contributed by atoms with Gasteiger partial charge in [0.25, 0.3) is 0 Å². The molecule has 160 valence electrons. The van der Waals surface area contributed by atoms with Crippen LogP contribution in [0.1, 0.15) is 17.3 Å². The normalized spacial score (nSPS) is 13.6. The zero-order valence-electron chi connectivity index (χ0n) is 17.5. The third kappa shape index (κ3) is 4.94. The molecule has 2 aromatic carbocycles. The van der Waals surface area contributed by atoms with Gasteiger partial charge >= 0.3 is 12.0 Å². The summed E-state index contributed by atoms with van der Waals surface area (Å²) >= 11 is 0. The van der Waals surface area contributed by atoms with Crippen LogP contribution in [0.2, 0.25) is 0 Å². The second-order valence-corrected chi connectivity index (χ2v) is 6.74. The number of esters is 1. The summed E-state index contributed by atoms with van der Waals surface area (Å²) < 4.78 is 15.7. The van der Waals surface area contributed by atoms with Crippen molar-refractivity contribution in [3.05, 3.63) is 48.0 Å². The Kier molecular flexibility index (Phi) is 7.00. The molecule has 1 fully saturated rings. The number of piperazine rings is 1. The van der Waals surface area contributed by atoms with Gasteiger partial charge in [-0.05, 0) is 37.3 Å². The Morgan fingerprint density at radius 3 is 2.43 bits per heavy atom. The van der Waals surface area contributed by atoms with Crippen LogP contribution >= 0.6 is 0 Å². The molecule has 8 heteroatoms. The quantitative estimate of drug-likeness (QED) is 0.733. The third-order valence-electron chi connectivity index (χ3n) is 4.92. The fourth-order valence-corrected chi connectivity index (χ4v) is 3.34. The van der Waals surface area contributed by atoms with Gasteiger partial charge in [0.1, 0.15) is 11.5 Å². The van der Waals surface area contributed by atoms with Crippen LogP contribution in [-0.4, -0.2) is 63.9 Å². The number of rotatable bonds is 6. The molecule has 8 nitrogen and oxygen atoms in total. The van der Waals surface area contributed by atoms with Gasteiger partial charge < -0.3 is 29.3 Å². The van der Waals surface area contributed by atoms with Gasteiger partial charge in [0.05, 0.1) is 32.1 Å². The van der Waals surface area contributed by atoms with Crippen molar-refractivity contribution < 1.29 is 23.8 Å². The molecular formula is C22H27N3O5. The van der Waals surface area contributed by atoms with Crippen LogP contribution < -0.4 is 19.7 Å². The summed E-state index contributed by atoms with van der Waals surface area (Å²) in [6.07, 6.45) is 0. The maximum absolute atomic E-state index is 12.7. The van der Waals surface area contributed by atoms with Gasteiger partial charge in [0, 0.05) is 37.9 Å². The van der Waals surface area contributed by atoms with Crippen LogP contribution in [0.15, 0.2) is 42.5 Å². The summed E-state index contributed by atoms with van der Waals surface area (Å²) in [5.74, 6) is 1.07. The summed E-state index contributed by atoms with van der Waals surface area (Å²) in [7, 11) is 3.25. The molecule has 0 saturated carbocycles. The lowest BCUT2D eigenvalue weighted by atomic mass is 10.2. The molecule has 1 aliphatic rings. The number of benzene rings is 2. The molecular weight excluding hydrogens is 386 g/mol. The Hall–Kier alpha value is -3.42. The predicted octanol–water partition coefficient (Wildman–Crippen LogP) is 3.23. The highest BCUT2D eigenvalue weighted by Crippen LogP contribution is 2.32. The first-order valence-corrected chi connectivity index (χ1v) is 9.85. The Morgan fingerprint density at radius 1 is 1.00 bits per heavy atom. The highest BCUT2D eigenvalue weighted by atomic mass is 16.5. The van der Waals surface area contributed by atoms with Gasteiger partial charge in [0.15, 0.2) is 0 Å². The smallest absolute Gasteiger partial charge is 0.338 e. The van der Waals surface area contributed by atoms with Gasteiger partial charge in [-0.2, -0.15) is 0 Å². The summed E-state index contributed by atoms with van der Waals surface area (Å²) in [5, 5.41) is 2.86. The Balaban J connectivity index is 1.60. The summed E-state index contributed by atoms with van der Waals surface area (Å²) in [6.45, 7) is 4.55. The number of nitrogens with zero attached hydrogens (tertiary/aromatic N) is 2. The van der Waals surface area contributed by atoms with Crippen LogP contribution in [0.5, 0.6) is 11.5 Å². The number of urea groups is 1. The number of carbonyl (C=O) groups is 2. The summed E-state index contributed by atoms with van der Waals surface area (Å²) in [6, 6.07) is 12.3. The number of amides is 2. The van der Waals surface area contributed by atoms with E-state index >= 15 is 0 Å². The number of hydrogen-bond donors (Lipinski definition) is 1. The highest BCUT2D eigenvalue weighted by molar-refractivity contribution is 5.94. The van der Waals surface area contributed by atoms with E-state index in [2.05, 4.69) is 10.2 Å². The van der Waals surface area contributed by atoms with Crippen LogP contribution in [0.3, 0.4) is 0 Å². The lowest BCUT2D eigenvalue weighted by Gasteiger charge is -2.36. The van der Waals surface area contributed by atoms with E-state index in [-0.39, 0.29) is 6.03 Å². The summed E-state index contributed by atoms with van der Waals surface area (Å²) in [4.78, 5) is 28.5. The fourth-order valence-electron chi connectivity index (χ4n) is 3.34. The number of carbonyl (C=O) groups excluding carboxylic acids is 2. The van der Waals surface area contributed by atoms with Gasteiger partial charge in [-0.3, -0.25) is 0 Å². The highest BCUT2D eigenvalue weighted by Gasteiger charge is 2.23. The Bertz CT molecular complexity index is 894. The fraction of sp³-hybridized carbons (Fsp3) is 0.364. The molecule has 0 atom stereocenters. The second kappa shape index (κ2) is 9.87. The van der Waals surface area contributed by atoms with E-state index in [1.54, 1.807) is 50.3 Å². The first-order valence-electron chi connectivity index (χ1n) is 9.85. The Morgan fingerprint density at radius 2 is 1.77 bits per heavy atom. The minimum atomic E-state index is -0.407. The standard InChI is InChI=1S/C22H27N3O5/c1-4-30-21(26)16-6-5-7-17(14-16)23-22(27)25-12-10-24(11-13-25)19-9-8-18(28-2)15-20(19)29-3/h5-9,14-15H,4,10-13H2,1-3H3,(H,23,27). The zero-order chi connectivity index (χ0) is 21.5. The van der Waals surface area contributed by atoms with Crippen LogP contribution in [0.25, 0.3) is 0 Å². The molecule has 0 spiro atoms. The van der Waals surface area contributed by atoms with E-state index in [0.717, 1.165) is 17.2 Å². The van der Waals surface area contributed by atoms with E-state index in [1.165, 1.54) is 0 Å². The van der Waals surface area contributed by atoms with Crippen molar-refractivity contribution in [2.24, 2.45) is 0 Å². The number of ether oxygens (including phenoxy) is 3. The van der Waals surface area contributed by atoms with Crippen LogP contribution in [0, 0.1) is 0 Å². The van der Waals surface area contributed by atoms with Crippen LogP contribution in [0.4, 0.5) is 16.2 Å². The van der Waals surface area contributed by atoms with Crippen LogP contribution in [-0.2, 0) is 4.74 Å². The lowest BCUT2D eigenvalue weighted by Crippen LogP contribution is -2.50. The molecule has 0 aliphatic carbocycles. The summed E-state index contributed by atoms with van der Waals surface area (Å²) in [5.41, 5.74) is 1.94. The molecule has 3 rings (SSSR count). The van der Waals surface area contributed by atoms with E-state index in [0.29, 0.717) is 44.0 Å². The van der Waals surface area contributed by atoms with Crippen molar-refractivity contribution in [3.63, 3.8) is 0 Å². The topological polar surface area (TPSA) is 80.3 Å². The number of methoxy groups -OCH3 is 2. The van der Waals surface area contributed by atoms with Gasteiger partial charge in [-0.25, -0.2) is 9.59 Å². The van der Waals surface area contributed by atoms with Crippen molar-refractivity contribution in [3.8, 4) is 11.5 Å². The molecule has 2 amide bonds. The maximum atomic E-state index is 12.7. The maximum Gasteiger partial charge on any atom is 0.338 e. The molecule has 0 radical (unpaired) electrons. The first-order chi connectivity index (χ1) is 14.5. The molecule has 2 aromatic rings. The minimum Gasteiger partial charge on any atom is -0.497 e. The number of anilines is 2. The van der Waals surface area contributed by atoms with E-state index in [4.69, 9.17) is 14.2 Å². The van der Waals surface area contributed by atoms with Gasteiger partial charge in [0.2, 0.25) is 0 Å². The van der Waals surface area contributed by atoms with Crippen molar-refractivity contribution >= 4 is 23.4 Å². The van der Waals surface area contributed by atoms with Crippen molar-refractivity contribution in [1.82, 2.24) is 4.90 Å². The molecule has 0 aromatic heterocycles. The van der Waals surface area contributed by atoms with E-state index in [9.17, 15) is 9.59 Å². The van der Waals surface area contributed by atoms with E-state index in [1.807, 2.05) is 18.2 Å². The molecule has 1 aliphatic heterocycles. The molecule has 0 bridgehead atoms. The number of hydrogen-bond acceptors (Lipinski definition) is 6. The monoisotopic (exact) mass is 413 g/mol. The largest absolute Gasteiger partial charge is 0.497 e. The Labute approximate surface area is 176 Å². The van der Waals surface area contributed by atoms with Gasteiger partial charge in [-0.1, -0.05) is 6.07 Å². The van der Waals surface area contributed by atoms with Crippen molar-refractivity contribution in [2.75, 3.05) is 57.2 Å². The average Bonchev–Trinajstić information content (AvgIpc) is 2.79. The molecule has 1 heterocycles. The molecule has 30 heavy (non-hydrogen) atoms. The first kappa shape index (κ1) is 21.3. The zero-order valence-corrected chi connectivity index (χ0v) is 17.5. The predicted molar refractivity (Wildman–Crippen MR) is 115 cm³/mol. The van der Waals surface area contributed by atoms with E-state index < -0.39 is 5.97 Å². The van der Waals surface area contributed by atoms with Gasteiger partial charge in [-0.15, -0.1) is 0 Å². The molecule has 1 saturated heterocycles. The van der Waals surface area contributed by atoms with Crippen molar-refractivity contribution in [1.29, 1.82) is 0 Å². The SMILES string of the molecule is CCOC(=O)c1cccc(NC(=O)N2CCN(c3ccc(OC)cc3OC)CC2)c1. The molecule has 0 unspecified atom stereocenters. The minimum absolute atomic E-state index is 0.197. The second-order valence-electron chi connectivity index (χ2n) is 6.74.